The monoisotopic (exact) mass is 461 g/mol. The molecule has 0 saturated heterocycles. The third kappa shape index (κ3) is 8.71. The largest absolute Gasteiger partial charge is 0.444 e. The van der Waals surface area contributed by atoms with E-state index in [0.717, 1.165) is 16.7 Å². The Morgan fingerprint density at radius 3 is 2.06 bits per heavy atom. The van der Waals surface area contributed by atoms with Crippen molar-refractivity contribution in [1.82, 2.24) is 15.5 Å². The Morgan fingerprint density at radius 2 is 1.61 bits per heavy atom. The molecule has 1 rings (SSSR count). The van der Waals surface area contributed by atoms with Gasteiger partial charge in [0.2, 0.25) is 11.8 Å². The summed E-state index contributed by atoms with van der Waals surface area (Å²) in [6, 6.07) is 4.11. The standard InChI is InChI=1S/C26H43N3O4/c1-11-14-29(24(31)21(16(2)3)28-25(32)33-26(8,9)10)22(23(30)27-17(4)5)20-13-12-18(6)19(7)15-20/h12-13,15-17,21-22H,11,14H2,1-10H3,(H,27,30)(H,28,32). The predicted molar refractivity (Wildman–Crippen MR) is 132 cm³/mol. The summed E-state index contributed by atoms with van der Waals surface area (Å²) in [6.07, 6.45) is 0.0135. The van der Waals surface area contributed by atoms with Gasteiger partial charge >= 0.3 is 6.09 Å². The van der Waals surface area contributed by atoms with Crippen LogP contribution in [-0.4, -0.2) is 47.0 Å². The predicted octanol–water partition coefficient (Wildman–Crippen LogP) is 4.66. The van der Waals surface area contributed by atoms with Gasteiger partial charge in [0.25, 0.3) is 0 Å². The van der Waals surface area contributed by atoms with Gasteiger partial charge in [0.1, 0.15) is 17.7 Å². The van der Waals surface area contributed by atoms with E-state index in [2.05, 4.69) is 10.6 Å². The lowest BCUT2D eigenvalue weighted by atomic mass is 9.96. The highest BCUT2D eigenvalue weighted by Crippen LogP contribution is 2.26. The second-order valence-electron chi connectivity index (χ2n) is 10.3. The molecule has 0 heterocycles. The van der Waals surface area contributed by atoms with E-state index in [1.807, 2.05) is 66.7 Å². The average Bonchev–Trinajstić information content (AvgIpc) is 2.65. The van der Waals surface area contributed by atoms with Gasteiger partial charge in [-0.1, -0.05) is 39.0 Å². The van der Waals surface area contributed by atoms with Crippen LogP contribution in [0.3, 0.4) is 0 Å². The molecule has 0 saturated carbocycles. The first kappa shape index (κ1) is 28.5. The molecule has 0 aliphatic carbocycles. The van der Waals surface area contributed by atoms with Crippen LogP contribution in [-0.2, 0) is 14.3 Å². The van der Waals surface area contributed by atoms with E-state index < -0.39 is 23.8 Å². The van der Waals surface area contributed by atoms with Gasteiger partial charge in [0.05, 0.1) is 0 Å². The minimum absolute atomic E-state index is 0.0779. The maximum Gasteiger partial charge on any atom is 0.408 e. The molecule has 3 amide bonds. The van der Waals surface area contributed by atoms with E-state index in [1.165, 1.54) is 0 Å². The number of amides is 3. The minimum Gasteiger partial charge on any atom is -0.444 e. The molecule has 1 aromatic rings. The Morgan fingerprint density at radius 1 is 1.00 bits per heavy atom. The van der Waals surface area contributed by atoms with Crippen LogP contribution in [0.5, 0.6) is 0 Å². The molecule has 0 fully saturated rings. The first-order valence-corrected chi connectivity index (χ1v) is 11.8. The van der Waals surface area contributed by atoms with Gasteiger partial charge < -0.3 is 20.3 Å². The van der Waals surface area contributed by atoms with Gasteiger partial charge in [-0.2, -0.15) is 0 Å². The number of alkyl carbamates (subject to hydrolysis) is 1. The lowest BCUT2D eigenvalue weighted by Crippen LogP contribution is -2.55. The molecular weight excluding hydrogens is 418 g/mol. The number of nitrogens with zero attached hydrogens (tertiary/aromatic N) is 1. The topological polar surface area (TPSA) is 87.7 Å². The van der Waals surface area contributed by atoms with Crippen LogP contribution in [0.4, 0.5) is 4.79 Å². The molecule has 0 spiro atoms. The minimum atomic E-state index is -0.827. The summed E-state index contributed by atoms with van der Waals surface area (Å²) < 4.78 is 5.38. The molecule has 1 aromatic carbocycles. The summed E-state index contributed by atoms with van der Waals surface area (Å²) in [5, 5.41) is 5.70. The lowest BCUT2D eigenvalue weighted by Gasteiger charge is -2.36. The van der Waals surface area contributed by atoms with Crippen molar-refractivity contribution in [2.24, 2.45) is 5.92 Å². The van der Waals surface area contributed by atoms with E-state index in [1.54, 1.807) is 25.7 Å². The lowest BCUT2D eigenvalue weighted by molar-refractivity contribution is -0.143. The van der Waals surface area contributed by atoms with E-state index in [-0.39, 0.29) is 23.8 Å². The summed E-state index contributed by atoms with van der Waals surface area (Å²) in [5.74, 6) is -0.743. The van der Waals surface area contributed by atoms with Gasteiger partial charge in [0, 0.05) is 12.6 Å². The molecule has 7 nitrogen and oxygen atoms in total. The van der Waals surface area contributed by atoms with Gasteiger partial charge in [-0.15, -0.1) is 0 Å². The quantitative estimate of drug-likeness (QED) is 0.560. The van der Waals surface area contributed by atoms with Crippen LogP contribution >= 0.6 is 0 Å². The molecule has 0 aliphatic rings. The van der Waals surface area contributed by atoms with Crippen molar-refractivity contribution >= 4 is 17.9 Å². The fourth-order valence-electron chi connectivity index (χ4n) is 3.51. The van der Waals surface area contributed by atoms with Crippen molar-refractivity contribution in [1.29, 1.82) is 0 Å². The summed E-state index contributed by atoms with van der Waals surface area (Å²) in [4.78, 5) is 41.2. The van der Waals surface area contributed by atoms with Gasteiger partial charge in [-0.25, -0.2) is 4.79 Å². The fraction of sp³-hybridized carbons (Fsp3) is 0.654. The molecule has 2 N–H and O–H groups in total. The number of carbonyl (C=O) groups is 3. The van der Waals surface area contributed by atoms with Crippen molar-refractivity contribution in [3.05, 3.63) is 34.9 Å². The van der Waals surface area contributed by atoms with Gasteiger partial charge in [0.15, 0.2) is 0 Å². The van der Waals surface area contributed by atoms with Crippen molar-refractivity contribution < 1.29 is 19.1 Å². The summed E-state index contributed by atoms with van der Waals surface area (Å²) in [5.41, 5.74) is 2.22. The highest BCUT2D eigenvalue weighted by atomic mass is 16.6. The normalized spacial score (nSPS) is 13.5. The zero-order chi connectivity index (χ0) is 25.5. The Bertz CT molecular complexity index is 827. The summed E-state index contributed by atoms with van der Waals surface area (Å²) in [6.45, 7) is 19.2. The molecule has 0 radical (unpaired) electrons. The Balaban J connectivity index is 3.44. The molecule has 0 aliphatic heterocycles. The van der Waals surface area contributed by atoms with Crippen LogP contribution in [0.1, 0.15) is 84.5 Å². The molecule has 7 heteroatoms. The first-order valence-electron chi connectivity index (χ1n) is 11.8. The van der Waals surface area contributed by atoms with Crippen molar-refractivity contribution in [3.8, 4) is 0 Å². The fourth-order valence-corrected chi connectivity index (χ4v) is 3.51. The van der Waals surface area contributed by atoms with Gasteiger partial charge in [-0.05, 0) is 77.5 Å². The smallest absolute Gasteiger partial charge is 0.408 e. The zero-order valence-corrected chi connectivity index (χ0v) is 22.0. The first-order chi connectivity index (χ1) is 15.2. The molecule has 2 atom stereocenters. The molecule has 33 heavy (non-hydrogen) atoms. The zero-order valence-electron chi connectivity index (χ0n) is 22.0. The van der Waals surface area contributed by atoms with E-state index in [9.17, 15) is 14.4 Å². The van der Waals surface area contributed by atoms with Crippen molar-refractivity contribution in [2.75, 3.05) is 6.54 Å². The SMILES string of the molecule is CCCN(C(=O)C(NC(=O)OC(C)(C)C)C(C)C)C(C(=O)NC(C)C)c1ccc(C)c(C)c1. The number of benzene rings is 1. The number of hydrogen-bond acceptors (Lipinski definition) is 4. The molecule has 0 bridgehead atoms. The number of aryl methyl sites for hydroxylation is 2. The van der Waals surface area contributed by atoms with Crippen LogP contribution in [0.15, 0.2) is 18.2 Å². The number of rotatable bonds is 9. The second kappa shape index (κ2) is 12.1. The molecule has 0 aromatic heterocycles. The summed E-state index contributed by atoms with van der Waals surface area (Å²) in [7, 11) is 0. The van der Waals surface area contributed by atoms with Crippen molar-refractivity contribution in [3.63, 3.8) is 0 Å². The van der Waals surface area contributed by atoms with E-state index >= 15 is 0 Å². The average molecular weight is 462 g/mol. The highest BCUT2D eigenvalue weighted by molar-refractivity contribution is 5.92. The number of hydrogen-bond donors (Lipinski definition) is 2. The molecule has 2 unspecified atom stereocenters. The number of ether oxygens (including phenoxy) is 1. The van der Waals surface area contributed by atoms with Gasteiger partial charge in [-0.3, -0.25) is 9.59 Å². The number of carbonyl (C=O) groups excluding carboxylic acids is 3. The third-order valence-electron chi connectivity index (χ3n) is 5.19. The van der Waals surface area contributed by atoms with E-state index in [4.69, 9.17) is 4.74 Å². The second-order valence-corrected chi connectivity index (χ2v) is 10.3. The Kier molecular flexibility index (Phi) is 10.4. The molecule has 186 valence electrons. The third-order valence-corrected chi connectivity index (χ3v) is 5.19. The summed E-state index contributed by atoms with van der Waals surface area (Å²) >= 11 is 0. The maximum atomic E-state index is 13.8. The maximum absolute atomic E-state index is 13.8. The Hall–Kier alpha value is -2.57. The number of nitrogens with one attached hydrogen (secondary N) is 2. The van der Waals surface area contributed by atoms with Crippen LogP contribution < -0.4 is 10.6 Å². The van der Waals surface area contributed by atoms with Crippen LogP contribution in [0.25, 0.3) is 0 Å². The Labute approximate surface area is 199 Å². The van der Waals surface area contributed by atoms with E-state index in [0.29, 0.717) is 13.0 Å². The van der Waals surface area contributed by atoms with Crippen LogP contribution in [0.2, 0.25) is 0 Å². The van der Waals surface area contributed by atoms with Crippen molar-refractivity contribution in [2.45, 2.75) is 99.4 Å². The molecular formula is C26H43N3O4. The highest BCUT2D eigenvalue weighted by Gasteiger charge is 2.37. The van der Waals surface area contributed by atoms with Crippen LogP contribution in [0, 0.1) is 19.8 Å².